The Morgan fingerprint density at radius 3 is 2.89 bits per heavy atom. The normalized spacial score (nSPS) is 20.2. The van der Waals surface area contributed by atoms with Crippen LogP contribution in [0.25, 0.3) is 0 Å². The van der Waals surface area contributed by atoms with Crippen molar-refractivity contribution in [2.45, 2.75) is 31.8 Å². The van der Waals surface area contributed by atoms with Gasteiger partial charge in [0.05, 0.1) is 6.04 Å². The van der Waals surface area contributed by atoms with Crippen LogP contribution in [0.4, 0.5) is 0 Å². The van der Waals surface area contributed by atoms with Crippen LogP contribution < -0.4 is 5.73 Å². The maximum absolute atomic E-state index is 12.0. The van der Waals surface area contributed by atoms with Gasteiger partial charge in [0, 0.05) is 18.1 Å². The van der Waals surface area contributed by atoms with E-state index in [1.165, 1.54) is 0 Å². The van der Waals surface area contributed by atoms with Crippen LogP contribution in [0.2, 0.25) is 5.02 Å². The summed E-state index contributed by atoms with van der Waals surface area (Å²) < 4.78 is 0. The summed E-state index contributed by atoms with van der Waals surface area (Å²) >= 11 is 5.93. The fourth-order valence-corrected chi connectivity index (χ4v) is 2.36. The molecule has 0 saturated carbocycles. The average Bonchev–Trinajstić information content (AvgIpc) is 2.45. The first-order valence-electron chi connectivity index (χ1n) is 5.95. The second-order valence-electron chi connectivity index (χ2n) is 4.49. The lowest BCUT2D eigenvalue weighted by Gasteiger charge is -2.22. The quantitative estimate of drug-likeness (QED) is 0.909. The average molecular weight is 289 g/mol. The highest BCUT2D eigenvalue weighted by molar-refractivity contribution is 6.30. The van der Waals surface area contributed by atoms with Crippen molar-refractivity contribution in [2.24, 2.45) is 5.73 Å². The zero-order valence-electron chi connectivity index (χ0n) is 10.1. The largest absolute Gasteiger partial charge is 0.337 e. The van der Waals surface area contributed by atoms with Crippen molar-refractivity contribution in [3.8, 4) is 0 Å². The van der Waals surface area contributed by atoms with Gasteiger partial charge in [-0.2, -0.15) is 0 Å². The van der Waals surface area contributed by atoms with E-state index < -0.39 is 0 Å². The van der Waals surface area contributed by atoms with Crippen molar-refractivity contribution in [3.63, 3.8) is 0 Å². The number of nitrogens with two attached hydrogens (primary N) is 1. The minimum Gasteiger partial charge on any atom is -0.337 e. The van der Waals surface area contributed by atoms with E-state index in [2.05, 4.69) is 0 Å². The van der Waals surface area contributed by atoms with Gasteiger partial charge in [-0.05, 0) is 37.0 Å². The van der Waals surface area contributed by atoms with E-state index in [4.69, 9.17) is 17.3 Å². The molecule has 0 radical (unpaired) electrons. The van der Waals surface area contributed by atoms with Crippen LogP contribution in [-0.2, 0) is 11.3 Å². The lowest BCUT2D eigenvalue weighted by molar-refractivity contribution is -0.132. The number of carbonyl (C=O) groups is 1. The summed E-state index contributed by atoms with van der Waals surface area (Å²) in [6.07, 6.45) is 2.85. The zero-order chi connectivity index (χ0) is 12.3. The third kappa shape index (κ3) is 3.87. The van der Waals surface area contributed by atoms with Gasteiger partial charge in [0.15, 0.2) is 0 Å². The van der Waals surface area contributed by atoms with E-state index in [0.717, 1.165) is 31.4 Å². The molecule has 0 bridgehead atoms. The number of nitrogens with zero attached hydrogens (tertiary/aromatic N) is 1. The van der Waals surface area contributed by atoms with Gasteiger partial charge in [-0.3, -0.25) is 4.79 Å². The van der Waals surface area contributed by atoms with E-state index in [9.17, 15) is 4.79 Å². The molecule has 1 heterocycles. The Balaban J connectivity index is 0.00000162. The predicted octanol–water partition coefficient (Wildman–Crippen LogP) is 2.60. The molecular weight excluding hydrogens is 271 g/mol. The Hall–Kier alpha value is -0.770. The van der Waals surface area contributed by atoms with E-state index in [1.807, 2.05) is 29.2 Å². The molecular formula is C13H18Cl2N2O. The summed E-state index contributed by atoms with van der Waals surface area (Å²) in [5, 5.41) is 0.703. The van der Waals surface area contributed by atoms with Gasteiger partial charge in [-0.25, -0.2) is 0 Å². The highest BCUT2D eigenvalue weighted by atomic mass is 35.5. The predicted molar refractivity (Wildman–Crippen MR) is 75.9 cm³/mol. The first-order valence-corrected chi connectivity index (χ1v) is 6.33. The highest BCUT2D eigenvalue weighted by Crippen LogP contribution is 2.16. The number of amides is 1. The van der Waals surface area contributed by atoms with Crippen LogP contribution >= 0.6 is 24.0 Å². The summed E-state index contributed by atoms with van der Waals surface area (Å²) in [4.78, 5) is 13.8. The third-order valence-electron chi connectivity index (χ3n) is 3.08. The van der Waals surface area contributed by atoms with Crippen LogP contribution in [0, 0.1) is 0 Å². The number of benzene rings is 1. The molecule has 1 saturated heterocycles. The fourth-order valence-electron chi connectivity index (χ4n) is 2.15. The number of halogens is 2. The molecule has 5 heteroatoms. The van der Waals surface area contributed by atoms with Gasteiger partial charge < -0.3 is 10.6 Å². The molecule has 0 spiro atoms. The standard InChI is InChI=1S/C13H17ClN2O.ClH/c14-11-5-3-4-10(8-11)9-16-7-2-1-6-12(15)13(16)17;/h3-5,8,12H,1-2,6-7,9,15H2;1H. The number of hydrogen-bond acceptors (Lipinski definition) is 2. The Labute approximate surface area is 119 Å². The lowest BCUT2D eigenvalue weighted by Crippen LogP contribution is -2.41. The first kappa shape index (κ1) is 15.3. The molecule has 1 atom stereocenters. The fraction of sp³-hybridized carbons (Fsp3) is 0.462. The summed E-state index contributed by atoms with van der Waals surface area (Å²) in [7, 11) is 0. The van der Waals surface area contributed by atoms with Crippen molar-refractivity contribution in [1.82, 2.24) is 4.90 Å². The van der Waals surface area contributed by atoms with Crippen LogP contribution in [-0.4, -0.2) is 23.4 Å². The second kappa shape index (κ2) is 6.98. The monoisotopic (exact) mass is 288 g/mol. The molecule has 3 nitrogen and oxygen atoms in total. The van der Waals surface area contributed by atoms with E-state index in [1.54, 1.807) is 0 Å². The van der Waals surface area contributed by atoms with Crippen molar-refractivity contribution >= 4 is 29.9 Å². The molecule has 1 aromatic carbocycles. The second-order valence-corrected chi connectivity index (χ2v) is 4.93. The summed E-state index contributed by atoms with van der Waals surface area (Å²) in [6.45, 7) is 1.39. The van der Waals surface area contributed by atoms with Gasteiger partial charge in [0.25, 0.3) is 0 Å². The molecule has 2 rings (SSSR count). The van der Waals surface area contributed by atoms with E-state index in [-0.39, 0.29) is 24.4 Å². The number of hydrogen-bond donors (Lipinski definition) is 1. The van der Waals surface area contributed by atoms with Gasteiger partial charge in [-0.1, -0.05) is 23.7 Å². The highest BCUT2D eigenvalue weighted by Gasteiger charge is 2.23. The van der Waals surface area contributed by atoms with E-state index in [0.29, 0.717) is 11.6 Å². The number of rotatable bonds is 2. The number of likely N-dealkylation sites (tertiary alicyclic amines) is 1. The van der Waals surface area contributed by atoms with Crippen LogP contribution in [0.15, 0.2) is 24.3 Å². The van der Waals surface area contributed by atoms with E-state index >= 15 is 0 Å². The molecule has 1 amide bonds. The van der Waals surface area contributed by atoms with Crippen molar-refractivity contribution in [3.05, 3.63) is 34.9 Å². The summed E-state index contributed by atoms with van der Waals surface area (Å²) in [5.41, 5.74) is 6.89. The molecule has 1 unspecified atom stereocenters. The van der Waals surface area contributed by atoms with Crippen molar-refractivity contribution in [2.75, 3.05) is 6.54 Å². The minimum absolute atomic E-state index is 0. The maximum Gasteiger partial charge on any atom is 0.239 e. The minimum atomic E-state index is -0.336. The van der Waals surface area contributed by atoms with Crippen molar-refractivity contribution < 1.29 is 4.79 Å². The Morgan fingerprint density at radius 1 is 1.39 bits per heavy atom. The Kier molecular flexibility index (Phi) is 5.93. The van der Waals surface area contributed by atoms with Gasteiger partial charge >= 0.3 is 0 Å². The van der Waals surface area contributed by atoms with Gasteiger partial charge in [0.2, 0.25) is 5.91 Å². The zero-order valence-corrected chi connectivity index (χ0v) is 11.7. The molecule has 100 valence electrons. The first-order chi connectivity index (χ1) is 8.16. The van der Waals surface area contributed by atoms with Crippen LogP contribution in [0.3, 0.4) is 0 Å². The molecule has 1 aliphatic heterocycles. The SMILES string of the molecule is Cl.NC1CCCCN(Cc2cccc(Cl)c2)C1=O. The van der Waals surface area contributed by atoms with Crippen LogP contribution in [0.5, 0.6) is 0 Å². The molecule has 0 aliphatic carbocycles. The Bertz CT molecular complexity index is 412. The summed E-state index contributed by atoms with van der Waals surface area (Å²) in [6, 6.07) is 7.28. The molecule has 1 fully saturated rings. The smallest absolute Gasteiger partial charge is 0.239 e. The third-order valence-corrected chi connectivity index (χ3v) is 3.32. The summed E-state index contributed by atoms with van der Waals surface area (Å²) in [5.74, 6) is 0.0578. The molecule has 1 aromatic rings. The van der Waals surface area contributed by atoms with Crippen molar-refractivity contribution in [1.29, 1.82) is 0 Å². The van der Waals surface area contributed by atoms with Gasteiger partial charge in [0.1, 0.15) is 0 Å². The van der Waals surface area contributed by atoms with Gasteiger partial charge in [-0.15, -0.1) is 12.4 Å². The number of carbonyl (C=O) groups excluding carboxylic acids is 1. The maximum atomic E-state index is 12.0. The Morgan fingerprint density at radius 2 is 2.17 bits per heavy atom. The topological polar surface area (TPSA) is 46.3 Å². The van der Waals surface area contributed by atoms with Crippen LogP contribution in [0.1, 0.15) is 24.8 Å². The molecule has 2 N–H and O–H groups in total. The lowest BCUT2D eigenvalue weighted by atomic mass is 10.1. The molecule has 18 heavy (non-hydrogen) atoms. The molecule has 1 aliphatic rings. The molecule has 0 aromatic heterocycles.